The van der Waals surface area contributed by atoms with Crippen LogP contribution in [-0.2, 0) is 9.53 Å². The van der Waals surface area contributed by atoms with E-state index in [9.17, 15) is 9.59 Å². The van der Waals surface area contributed by atoms with Gasteiger partial charge in [-0.3, -0.25) is 4.79 Å². The number of allylic oxidation sites excluding steroid dienone is 5. The van der Waals surface area contributed by atoms with Gasteiger partial charge in [-0.05, 0) is 37.0 Å². The fourth-order valence-corrected chi connectivity index (χ4v) is 3.92. The van der Waals surface area contributed by atoms with E-state index in [1.54, 1.807) is 6.08 Å². The van der Waals surface area contributed by atoms with E-state index < -0.39 is 6.09 Å². The number of fused-ring (bicyclic) bond motifs is 1. The summed E-state index contributed by atoms with van der Waals surface area (Å²) in [6.07, 6.45) is 12.7. The molecule has 112 valence electrons. The van der Waals surface area contributed by atoms with Crippen LogP contribution in [0, 0.1) is 23.7 Å². The Labute approximate surface area is 125 Å². The highest BCUT2D eigenvalue weighted by Crippen LogP contribution is 2.47. The molecule has 0 unspecified atom stereocenters. The first kappa shape index (κ1) is 14.1. The van der Waals surface area contributed by atoms with Crippen molar-refractivity contribution in [2.75, 3.05) is 13.2 Å². The number of carbonyl (C=O) groups excluding carboxylic acids is 2. The molecule has 0 aromatic carbocycles. The zero-order valence-electron chi connectivity index (χ0n) is 12.1. The molecule has 4 heteroatoms. The fourth-order valence-electron chi connectivity index (χ4n) is 3.92. The zero-order valence-corrected chi connectivity index (χ0v) is 12.1. The molecule has 21 heavy (non-hydrogen) atoms. The van der Waals surface area contributed by atoms with Crippen LogP contribution in [0.2, 0.25) is 0 Å². The van der Waals surface area contributed by atoms with E-state index >= 15 is 0 Å². The van der Waals surface area contributed by atoms with Gasteiger partial charge in [-0.25, -0.2) is 9.69 Å². The van der Waals surface area contributed by atoms with Crippen molar-refractivity contribution in [3.05, 3.63) is 37.0 Å². The van der Waals surface area contributed by atoms with Crippen molar-refractivity contribution in [2.45, 2.75) is 19.3 Å². The van der Waals surface area contributed by atoms with Gasteiger partial charge in [-0.2, -0.15) is 0 Å². The van der Waals surface area contributed by atoms with Gasteiger partial charge < -0.3 is 4.74 Å². The lowest BCUT2D eigenvalue weighted by Gasteiger charge is -2.32. The van der Waals surface area contributed by atoms with E-state index in [1.165, 1.54) is 4.90 Å². The molecular formula is C17H21NO3. The Bertz CT molecular complexity index is 508. The molecular weight excluding hydrogens is 266 g/mol. The average Bonchev–Trinajstić information content (AvgIpc) is 3.10. The molecule has 1 heterocycles. The highest BCUT2D eigenvalue weighted by Gasteiger charge is 2.45. The van der Waals surface area contributed by atoms with E-state index in [2.05, 4.69) is 24.8 Å². The Kier molecular flexibility index (Phi) is 3.95. The molecule has 1 aliphatic heterocycles. The fraction of sp³-hybridized carbons (Fsp3) is 0.529. The molecule has 2 amide bonds. The summed E-state index contributed by atoms with van der Waals surface area (Å²) >= 11 is 0. The number of rotatable bonds is 3. The molecule has 4 nitrogen and oxygen atoms in total. The van der Waals surface area contributed by atoms with Crippen molar-refractivity contribution < 1.29 is 14.3 Å². The van der Waals surface area contributed by atoms with Crippen LogP contribution in [0.15, 0.2) is 37.0 Å². The van der Waals surface area contributed by atoms with Gasteiger partial charge in [-0.15, -0.1) is 0 Å². The normalized spacial score (nSPS) is 35.0. The van der Waals surface area contributed by atoms with E-state index in [4.69, 9.17) is 4.74 Å². The minimum atomic E-state index is -0.479. The van der Waals surface area contributed by atoms with Gasteiger partial charge in [0.05, 0.1) is 6.54 Å². The molecule has 3 aliphatic rings. The molecule has 0 N–H and O–H groups in total. The maximum absolute atomic E-state index is 12.6. The summed E-state index contributed by atoms with van der Waals surface area (Å²) in [5.74, 6) is 1.10. The number of amides is 2. The Morgan fingerprint density at radius 2 is 2.29 bits per heavy atom. The number of imide groups is 1. The highest BCUT2D eigenvalue weighted by atomic mass is 16.6. The van der Waals surface area contributed by atoms with Gasteiger partial charge in [0.25, 0.3) is 0 Å². The highest BCUT2D eigenvalue weighted by molar-refractivity contribution is 5.94. The smallest absolute Gasteiger partial charge is 0.416 e. The van der Waals surface area contributed by atoms with E-state index in [-0.39, 0.29) is 11.8 Å². The Balaban J connectivity index is 1.75. The Morgan fingerprint density at radius 1 is 1.43 bits per heavy atom. The van der Waals surface area contributed by atoms with Crippen LogP contribution in [0.4, 0.5) is 4.79 Å². The minimum Gasteiger partial charge on any atom is -0.447 e. The number of ether oxygens (including phenoxy) is 1. The second-order valence-corrected chi connectivity index (χ2v) is 5.98. The monoisotopic (exact) mass is 287 g/mol. The standard InChI is InChI=1S/C17H21NO3/c1-2-3-5-12-8-9-14-13(12)6-4-7-15(14)16(19)18-10-11-21-17(18)20/h2-6,12-15H,1,7-11H2/b5-3+/t12-,13-,14-,15-/m1/s1. The van der Waals surface area contributed by atoms with Crippen LogP contribution in [0.3, 0.4) is 0 Å². The lowest BCUT2D eigenvalue weighted by molar-refractivity contribution is -0.134. The Hall–Kier alpha value is -1.84. The lowest BCUT2D eigenvalue weighted by Crippen LogP contribution is -2.41. The summed E-state index contributed by atoms with van der Waals surface area (Å²) in [5.41, 5.74) is 0. The molecule has 0 spiro atoms. The zero-order chi connectivity index (χ0) is 14.8. The lowest BCUT2D eigenvalue weighted by atomic mass is 9.75. The third kappa shape index (κ3) is 2.55. The first-order valence-electron chi connectivity index (χ1n) is 7.66. The van der Waals surface area contributed by atoms with Gasteiger partial charge in [0.2, 0.25) is 5.91 Å². The largest absolute Gasteiger partial charge is 0.447 e. The third-order valence-electron chi connectivity index (χ3n) is 4.93. The molecule has 0 bridgehead atoms. The van der Waals surface area contributed by atoms with Gasteiger partial charge in [0, 0.05) is 5.92 Å². The summed E-state index contributed by atoms with van der Waals surface area (Å²) in [4.78, 5) is 25.5. The molecule has 0 aromatic rings. The first-order chi connectivity index (χ1) is 10.2. The van der Waals surface area contributed by atoms with Gasteiger partial charge in [0.1, 0.15) is 6.61 Å². The molecule has 1 saturated carbocycles. The van der Waals surface area contributed by atoms with Crippen molar-refractivity contribution in [3.8, 4) is 0 Å². The number of hydrogen-bond donors (Lipinski definition) is 0. The first-order valence-corrected chi connectivity index (χ1v) is 7.66. The second-order valence-electron chi connectivity index (χ2n) is 5.98. The second kappa shape index (κ2) is 5.88. The van der Waals surface area contributed by atoms with Crippen molar-refractivity contribution in [1.82, 2.24) is 4.90 Å². The molecule has 0 aromatic heterocycles. The summed E-state index contributed by atoms with van der Waals surface area (Å²) in [5, 5.41) is 0. The number of cyclic esters (lactones) is 1. The molecule has 4 atom stereocenters. The molecule has 2 aliphatic carbocycles. The predicted molar refractivity (Wildman–Crippen MR) is 79.3 cm³/mol. The molecule has 1 saturated heterocycles. The summed E-state index contributed by atoms with van der Waals surface area (Å²) < 4.78 is 4.89. The summed E-state index contributed by atoms with van der Waals surface area (Å²) in [6, 6.07) is 0. The van der Waals surface area contributed by atoms with Crippen molar-refractivity contribution >= 4 is 12.0 Å². The molecule has 2 fully saturated rings. The Morgan fingerprint density at radius 3 is 3.00 bits per heavy atom. The maximum atomic E-state index is 12.6. The van der Waals surface area contributed by atoms with Gasteiger partial charge in [-0.1, -0.05) is 37.0 Å². The van der Waals surface area contributed by atoms with Crippen LogP contribution >= 0.6 is 0 Å². The quantitative estimate of drug-likeness (QED) is 0.592. The predicted octanol–water partition coefficient (Wildman–Crippen LogP) is 2.93. The number of hydrogen-bond acceptors (Lipinski definition) is 3. The summed E-state index contributed by atoms with van der Waals surface area (Å²) in [6.45, 7) is 4.44. The topological polar surface area (TPSA) is 46.6 Å². The van der Waals surface area contributed by atoms with Gasteiger partial charge >= 0.3 is 6.09 Å². The third-order valence-corrected chi connectivity index (χ3v) is 4.93. The molecule has 3 rings (SSSR count). The van der Waals surface area contributed by atoms with Crippen LogP contribution in [0.5, 0.6) is 0 Å². The van der Waals surface area contributed by atoms with E-state index in [0.717, 1.165) is 19.3 Å². The van der Waals surface area contributed by atoms with Crippen LogP contribution in [0.25, 0.3) is 0 Å². The van der Waals surface area contributed by atoms with Gasteiger partial charge in [0.15, 0.2) is 0 Å². The van der Waals surface area contributed by atoms with Crippen LogP contribution in [-0.4, -0.2) is 30.1 Å². The van der Waals surface area contributed by atoms with Crippen LogP contribution in [0.1, 0.15) is 19.3 Å². The van der Waals surface area contributed by atoms with Crippen LogP contribution < -0.4 is 0 Å². The average molecular weight is 287 g/mol. The summed E-state index contributed by atoms with van der Waals surface area (Å²) in [7, 11) is 0. The van der Waals surface area contributed by atoms with Crippen molar-refractivity contribution in [1.29, 1.82) is 0 Å². The minimum absolute atomic E-state index is 0.0507. The van der Waals surface area contributed by atoms with Crippen molar-refractivity contribution in [3.63, 3.8) is 0 Å². The van der Waals surface area contributed by atoms with E-state index in [1.807, 2.05) is 6.08 Å². The van der Waals surface area contributed by atoms with Crippen molar-refractivity contribution in [2.24, 2.45) is 23.7 Å². The number of nitrogens with zero attached hydrogens (tertiary/aromatic N) is 1. The SMILES string of the molecule is C=C/C=C/[C@@H]1CC[C@@H]2[C@@H]1C=CC[C@H]2C(=O)N1CCOC1=O. The maximum Gasteiger partial charge on any atom is 0.416 e. The van der Waals surface area contributed by atoms with E-state index in [0.29, 0.717) is 30.9 Å². The molecule has 0 radical (unpaired) electrons. The number of carbonyl (C=O) groups is 2.